The highest BCUT2D eigenvalue weighted by Crippen LogP contribution is 2.63. The quantitative estimate of drug-likeness (QED) is 0.114. The largest absolute Gasteiger partial charge is 0.458 e. The fraction of sp³-hybridized carbons (Fsp3) is 0.595. The lowest BCUT2D eigenvalue weighted by Crippen LogP contribution is -2.69. The van der Waals surface area contributed by atoms with Gasteiger partial charge in [0.2, 0.25) is 5.91 Å². The Morgan fingerprint density at radius 1 is 0.915 bits per heavy atom. The van der Waals surface area contributed by atoms with Gasteiger partial charge in [0.1, 0.15) is 54.2 Å². The van der Waals surface area contributed by atoms with E-state index in [-0.39, 0.29) is 62.9 Å². The van der Waals surface area contributed by atoms with Crippen LogP contribution in [-0.4, -0.2) is 142 Å². The molecule has 2 amide bonds. The van der Waals surface area contributed by atoms with E-state index < -0.39 is 84.9 Å². The zero-order chi connectivity index (χ0) is 41.1. The van der Waals surface area contributed by atoms with Crippen molar-refractivity contribution in [1.82, 2.24) is 15.7 Å². The molecular formula is C42H51N3O14. The number of esters is 1. The van der Waals surface area contributed by atoms with Crippen LogP contribution in [0.3, 0.4) is 0 Å². The van der Waals surface area contributed by atoms with Crippen LogP contribution < -0.4 is 10.6 Å². The van der Waals surface area contributed by atoms with E-state index in [1.54, 1.807) is 41.5 Å². The van der Waals surface area contributed by atoms with Crippen LogP contribution in [0.15, 0.2) is 54.6 Å². The van der Waals surface area contributed by atoms with Crippen LogP contribution in [0, 0.1) is 17.3 Å². The number of fused-ring (bicyclic) bond motifs is 4. The van der Waals surface area contributed by atoms with Crippen molar-refractivity contribution >= 4 is 23.9 Å². The standard InChI is InChI=1S/C42H51N3O14/c46-14-13-43-37(51)25-8-2-5-23(17-25)19-44-40(53)41-18-28-33-34(58-42(57-33,26-9-10-26)27-11-12-27)36(41)59-45(35(41)38(52)55-28)20-24-6-1-4-22(16-24)7-3-15-54-39-32(50)31(49)30(48)29(21-47)56-39/h1-8,16-17,26-36,39,46-50H,9-15,18-21H2,(H,43,51)(H,44,53)/t28-,29-,30+,31+,32-,33+,34+,35+,36-,39+,41+/m1/s1. The summed E-state index contributed by atoms with van der Waals surface area (Å²) in [6.07, 6.45) is -2.19. The summed E-state index contributed by atoms with van der Waals surface area (Å²) >= 11 is 0. The second-order valence-corrected chi connectivity index (χ2v) is 16.7. The molecule has 7 fully saturated rings. The molecule has 3 saturated carbocycles. The number of benzene rings is 2. The van der Waals surface area contributed by atoms with Gasteiger partial charge in [-0.25, -0.2) is 0 Å². The maximum atomic E-state index is 14.8. The Kier molecular flexibility index (Phi) is 11.1. The number of carbonyl (C=O) groups excluding carboxylic acids is 3. The van der Waals surface area contributed by atoms with Crippen molar-refractivity contribution in [2.45, 2.75) is 112 Å². The number of nitrogens with one attached hydrogen (secondary N) is 2. The Balaban J connectivity index is 0.944. The Morgan fingerprint density at radius 2 is 1.66 bits per heavy atom. The van der Waals surface area contributed by atoms with Gasteiger partial charge in [0.05, 0.1) is 26.4 Å². The Hall–Kier alpha value is -3.85. The van der Waals surface area contributed by atoms with Crippen LogP contribution in [-0.2, 0) is 51.2 Å². The molecule has 318 valence electrons. The van der Waals surface area contributed by atoms with Crippen molar-refractivity contribution in [3.8, 4) is 0 Å². The minimum Gasteiger partial charge on any atom is -0.458 e. The first-order chi connectivity index (χ1) is 28.6. The van der Waals surface area contributed by atoms with Crippen molar-refractivity contribution in [3.63, 3.8) is 0 Å². The molecule has 9 rings (SSSR count). The summed E-state index contributed by atoms with van der Waals surface area (Å²) in [5.41, 5.74) is 1.21. The molecule has 2 aromatic rings. The molecule has 7 N–H and O–H groups in total. The first-order valence-corrected chi connectivity index (χ1v) is 20.5. The molecule has 4 saturated heterocycles. The van der Waals surface area contributed by atoms with E-state index in [0.717, 1.165) is 36.8 Å². The number of hydrogen-bond donors (Lipinski definition) is 7. The van der Waals surface area contributed by atoms with E-state index >= 15 is 0 Å². The van der Waals surface area contributed by atoms with E-state index in [4.69, 9.17) is 33.6 Å². The zero-order valence-corrected chi connectivity index (χ0v) is 32.3. The van der Waals surface area contributed by atoms with Gasteiger partial charge < -0.3 is 59.9 Å². The van der Waals surface area contributed by atoms with Gasteiger partial charge >= 0.3 is 5.97 Å². The Morgan fingerprint density at radius 3 is 2.41 bits per heavy atom. The first kappa shape index (κ1) is 40.6. The van der Waals surface area contributed by atoms with E-state index in [0.29, 0.717) is 11.1 Å². The molecular weight excluding hydrogens is 770 g/mol. The van der Waals surface area contributed by atoms with Crippen molar-refractivity contribution in [1.29, 1.82) is 0 Å². The second-order valence-electron chi connectivity index (χ2n) is 16.7. The summed E-state index contributed by atoms with van der Waals surface area (Å²) in [5, 5.41) is 56.2. The molecule has 2 bridgehead atoms. The van der Waals surface area contributed by atoms with E-state index in [2.05, 4.69) is 10.6 Å². The fourth-order valence-corrected chi connectivity index (χ4v) is 9.62. The van der Waals surface area contributed by atoms with Crippen LogP contribution in [0.4, 0.5) is 0 Å². The Labute approximate surface area is 340 Å². The molecule has 3 aliphatic carbocycles. The lowest BCUT2D eigenvalue weighted by Gasteiger charge is -2.48. The van der Waals surface area contributed by atoms with Crippen LogP contribution in [0.1, 0.15) is 59.2 Å². The highest BCUT2D eigenvalue weighted by Gasteiger charge is 2.78. The van der Waals surface area contributed by atoms with E-state index in [9.17, 15) is 34.8 Å². The molecule has 4 aliphatic heterocycles. The van der Waals surface area contributed by atoms with Crippen molar-refractivity contribution < 1.29 is 68.4 Å². The number of hydroxylamine groups is 2. The monoisotopic (exact) mass is 821 g/mol. The third-order valence-electron chi connectivity index (χ3n) is 12.8. The zero-order valence-electron chi connectivity index (χ0n) is 32.3. The average Bonchev–Trinajstić information content (AvgIpc) is 4.19. The number of rotatable bonds is 15. The highest BCUT2D eigenvalue weighted by molar-refractivity contribution is 5.95. The third-order valence-corrected chi connectivity index (χ3v) is 12.8. The van der Waals surface area contributed by atoms with Gasteiger partial charge in [-0.2, -0.15) is 5.06 Å². The molecule has 2 aromatic carbocycles. The number of nitrogens with zero attached hydrogens (tertiary/aromatic N) is 1. The molecule has 0 spiro atoms. The molecule has 4 heterocycles. The predicted octanol–water partition coefficient (Wildman–Crippen LogP) is -0.345. The van der Waals surface area contributed by atoms with Gasteiger partial charge in [0, 0.05) is 36.9 Å². The maximum absolute atomic E-state index is 14.8. The smallest absolute Gasteiger partial charge is 0.327 e. The molecule has 7 aliphatic rings. The molecule has 59 heavy (non-hydrogen) atoms. The van der Waals surface area contributed by atoms with Gasteiger partial charge in [-0.3, -0.25) is 19.2 Å². The molecule has 0 aromatic heterocycles. The highest BCUT2D eigenvalue weighted by atomic mass is 16.8. The van der Waals surface area contributed by atoms with Crippen molar-refractivity contribution in [2.24, 2.45) is 17.3 Å². The van der Waals surface area contributed by atoms with Crippen molar-refractivity contribution in [2.75, 3.05) is 26.4 Å². The first-order valence-electron chi connectivity index (χ1n) is 20.5. The number of carbonyl (C=O) groups is 3. The minimum atomic E-state index is -1.55. The summed E-state index contributed by atoms with van der Waals surface area (Å²) in [7, 11) is 0. The van der Waals surface area contributed by atoms with Crippen molar-refractivity contribution in [3.05, 3.63) is 76.9 Å². The maximum Gasteiger partial charge on any atom is 0.327 e. The van der Waals surface area contributed by atoms with Crippen LogP contribution >= 0.6 is 0 Å². The molecule has 0 radical (unpaired) electrons. The van der Waals surface area contributed by atoms with Gasteiger partial charge in [0.25, 0.3) is 5.91 Å². The number of aliphatic hydroxyl groups excluding tert-OH is 5. The van der Waals surface area contributed by atoms with E-state index in [1.807, 2.05) is 24.3 Å². The summed E-state index contributed by atoms with van der Waals surface area (Å²) in [4.78, 5) is 48.4. The summed E-state index contributed by atoms with van der Waals surface area (Å²) < 4.78 is 30.9. The predicted molar refractivity (Wildman–Crippen MR) is 202 cm³/mol. The van der Waals surface area contributed by atoms with Gasteiger partial charge in [-0.15, -0.1) is 0 Å². The molecule has 11 atom stereocenters. The lowest BCUT2D eigenvalue weighted by atomic mass is 9.62. The SMILES string of the molecule is O=C(NCCO)c1cccc(CNC(=O)[C@@]23C[C@H]4OC(=O)[C@@H]2N(Cc2cccc(C=CCO[C@H]5O[C@H](CO)[C@H](O)[C@H](O)[C@H]5O)c2)O[C@@H]3[C@H]2OC(C3CC3)(C3CC3)O[C@H]24)c1. The van der Waals surface area contributed by atoms with Gasteiger partial charge in [0.15, 0.2) is 18.1 Å². The summed E-state index contributed by atoms with van der Waals surface area (Å²) in [5.74, 6) is -1.66. The number of hydrogen-bond acceptors (Lipinski definition) is 15. The van der Waals surface area contributed by atoms with E-state index in [1.165, 1.54) is 0 Å². The number of aliphatic hydroxyl groups is 5. The number of ether oxygens (including phenoxy) is 5. The second kappa shape index (κ2) is 16.2. The topological polar surface area (TPSA) is 235 Å². The van der Waals surface area contributed by atoms with Crippen LogP contribution in [0.25, 0.3) is 6.08 Å². The lowest BCUT2D eigenvalue weighted by molar-refractivity contribution is -0.298. The molecule has 0 unspecified atom stereocenters. The van der Waals surface area contributed by atoms with Crippen LogP contribution in [0.5, 0.6) is 0 Å². The number of amides is 2. The Bertz CT molecular complexity index is 1930. The van der Waals surface area contributed by atoms with Gasteiger partial charge in [-0.05, 0) is 54.5 Å². The average molecular weight is 822 g/mol. The van der Waals surface area contributed by atoms with Crippen LogP contribution in [0.2, 0.25) is 0 Å². The summed E-state index contributed by atoms with van der Waals surface area (Å²) in [6.45, 7) is -0.464. The molecule has 17 heteroatoms. The fourth-order valence-electron chi connectivity index (χ4n) is 9.62. The third kappa shape index (κ3) is 7.39. The minimum absolute atomic E-state index is 0.0222. The molecule has 17 nitrogen and oxygen atoms in total. The normalized spacial score (nSPS) is 36.0. The van der Waals surface area contributed by atoms with Gasteiger partial charge in [-0.1, -0.05) is 48.6 Å². The summed E-state index contributed by atoms with van der Waals surface area (Å²) in [6, 6.07) is 13.2.